The lowest BCUT2D eigenvalue weighted by molar-refractivity contribution is 0.102. The van der Waals surface area contributed by atoms with Crippen molar-refractivity contribution in [3.05, 3.63) is 72.1 Å². The van der Waals surface area contributed by atoms with E-state index >= 15 is 0 Å². The molecule has 1 fully saturated rings. The second-order valence-corrected chi connectivity index (χ2v) is 8.28. The minimum absolute atomic E-state index is 0.232. The lowest BCUT2D eigenvalue weighted by Crippen LogP contribution is -2.31. The third-order valence-electron chi connectivity index (χ3n) is 5.28. The minimum Gasteiger partial charge on any atom is -0.355 e. The van der Waals surface area contributed by atoms with Gasteiger partial charge in [-0.2, -0.15) is 5.10 Å². The average Bonchev–Trinajstić information content (AvgIpc) is 3.51. The standard InChI is InChI=1S/C23H22N6OS/c30-22(26-19-10-7-11-24-21(19)28-12-5-2-6-13-28)20-16-31-23(27-20)17-14-25-29(15-17)18-8-3-1-4-9-18/h1,3-4,7-11,14-16H,2,5-6,12-13H2,(H,26,30). The average molecular weight is 431 g/mol. The van der Waals surface area contributed by atoms with Crippen LogP contribution in [-0.4, -0.2) is 38.7 Å². The Morgan fingerprint density at radius 3 is 2.71 bits per heavy atom. The summed E-state index contributed by atoms with van der Waals surface area (Å²) in [6.07, 6.45) is 9.00. The molecule has 31 heavy (non-hydrogen) atoms. The van der Waals surface area contributed by atoms with Crippen LogP contribution in [0.2, 0.25) is 0 Å². The van der Waals surface area contributed by atoms with Gasteiger partial charge in [-0.25, -0.2) is 14.6 Å². The number of thiazole rings is 1. The SMILES string of the molecule is O=C(Nc1cccnc1N1CCCCC1)c1csc(-c2cnn(-c3ccccc3)c2)n1. The topological polar surface area (TPSA) is 75.9 Å². The Morgan fingerprint density at radius 1 is 1.03 bits per heavy atom. The van der Waals surface area contributed by atoms with E-state index in [9.17, 15) is 4.79 Å². The third-order valence-corrected chi connectivity index (χ3v) is 6.17. The van der Waals surface area contributed by atoms with Crippen molar-refractivity contribution < 1.29 is 4.79 Å². The molecule has 4 heterocycles. The molecule has 1 aliphatic rings. The summed E-state index contributed by atoms with van der Waals surface area (Å²) < 4.78 is 1.80. The number of nitrogens with one attached hydrogen (secondary N) is 1. The highest BCUT2D eigenvalue weighted by molar-refractivity contribution is 7.13. The summed E-state index contributed by atoms with van der Waals surface area (Å²) in [5, 5.41) is 9.96. The maximum absolute atomic E-state index is 12.9. The monoisotopic (exact) mass is 430 g/mol. The van der Waals surface area contributed by atoms with Gasteiger partial charge in [0.1, 0.15) is 10.7 Å². The van der Waals surface area contributed by atoms with E-state index in [1.807, 2.05) is 48.7 Å². The van der Waals surface area contributed by atoms with Crippen LogP contribution in [0.15, 0.2) is 66.4 Å². The van der Waals surface area contributed by atoms with Crippen molar-refractivity contribution >= 4 is 28.7 Å². The molecule has 0 spiro atoms. The number of carbonyl (C=O) groups is 1. The van der Waals surface area contributed by atoms with E-state index in [4.69, 9.17) is 0 Å². The van der Waals surface area contributed by atoms with Gasteiger partial charge in [-0.05, 0) is 43.5 Å². The Morgan fingerprint density at radius 2 is 1.87 bits per heavy atom. The highest BCUT2D eigenvalue weighted by Gasteiger charge is 2.19. The van der Waals surface area contributed by atoms with Crippen LogP contribution < -0.4 is 10.2 Å². The predicted octanol–water partition coefficient (Wildman–Crippen LogP) is 4.63. The molecule has 1 amide bonds. The van der Waals surface area contributed by atoms with Gasteiger partial charge in [0.15, 0.2) is 5.82 Å². The molecule has 0 aliphatic carbocycles. The van der Waals surface area contributed by atoms with Gasteiger partial charge < -0.3 is 10.2 Å². The normalized spacial score (nSPS) is 13.9. The van der Waals surface area contributed by atoms with Crippen LogP contribution in [-0.2, 0) is 0 Å². The lowest BCUT2D eigenvalue weighted by atomic mass is 10.1. The number of piperidine rings is 1. The Kier molecular flexibility index (Phi) is 5.45. The molecule has 0 saturated carbocycles. The highest BCUT2D eigenvalue weighted by Crippen LogP contribution is 2.28. The number of para-hydroxylation sites is 1. The van der Waals surface area contributed by atoms with Gasteiger partial charge in [0, 0.05) is 36.4 Å². The largest absolute Gasteiger partial charge is 0.355 e. The molecule has 4 aromatic rings. The third kappa shape index (κ3) is 4.20. The summed E-state index contributed by atoms with van der Waals surface area (Å²) in [6.45, 7) is 1.93. The summed E-state index contributed by atoms with van der Waals surface area (Å²) in [6, 6.07) is 13.6. The van der Waals surface area contributed by atoms with Crippen LogP contribution in [0.4, 0.5) is 11.5 Å². The first-order valence-electron chi connectivity index (χ1n) is 10.4. The van der Waals surface area contributed by atoms with Crippen LogP contribution in [0.5, 0.6) is 0 Å². The summed E-state index contributed by atoms with van der Waals surface area (Å²) in [4.78, 5) is 24.2. The van der Waals surface area contributed by atoms with Gasteiger partial charge in [-0.1, -0.05) is 18.2 Å². The summed E-state index contributed by atoms with van der Waals surface area (Å²) in [5.41, 5.74) is 2.97. The van der Waals surface area contributed by atoms with Gasteiger partial charge in [0.25, 0.3) is 5.91 Å². The van der Waals surface area contributed by atoms with E-state index in [-0.39, 0.29) is 5.91 Å². The van der Waals surface area contributed by atoms with Crippen LogP contribution in [0.25, 0.3) is 16.3 Å². The molecule has 156 valence electrons. The molecule has 0 atom stereocenters. The second-order valence-electron chi connectivity index (χ2n) is 7.42. The predicted molar refractivity (Wildman–Crippen MR) is 123 cm³/mol. The van der Waals surface area contributed by atoms with E-state index in [0.717, 1.165) is 53.7 Å². The molecular weight excluding hydrogens is 408 g/mol. The summed E-state index contributed by atoms with van der Waals surface area (Å²) >= 11 is 1.43. The zero-order valence-electron chi connectivity index (χ0n) is 16.9. The van der Waals surface area contributed by atoms with Crippen molar-refractivity contribution in [1.82, 2.24) is 19.7 Å². The number of nitrogens with zero attached hydrogens (tertiary/aromatic N) is 5. The van der Waals surface area contributed by atoms with Crippen molar-refractivity contribution in [3.63, 3.8) is 0 Å². The molecule has 3 aromatic heterocycles. The summed E-state index contributed by atoms with van der Waals surface area (Å²) in [5.74, 6) is 0.597. The Balaban J connectivity index is 1.33. The minimum atomic E-state index is -0.232. The fourth-order valence-electron chi connectivity index (χ4n) is 3.70. The number of benzene rings is 1. The maximum atomic E-state index is 12.9. The molecule has 7 nitrogen and oxygen atoms in total. The van der Waals surface area contributed by atoms with E-state index in [2.05, 4.69) is 25.3 Å². The molecule has 1 aliphatic heterocycles. The van der Waals surface area contributed by atoms with Gasteiger partial charge >= 0.3 is 0 Å². The fourth-order valence-corrected chi connectivity index (χ4v) is 4.48. The Labute approximate surface area is 184 Å². The van der Waals surface area contributed by atoms with Crippen LogP contribution in [0.3, 0.4) is 0 Å². The van der Waals surface area contributed by atoms with Crippen LogP contribution in [0, 0.1) is 0 Å². The Bertz CT molecular complexity index is 1180. The number of hydrogen-bond donors (Lipinski definition) is 1. The number of anilines is 2. The van der Waals surface area contributed by atoms with Crippen molar-refractivity contribution in [2.75, 3.05) is 23.3 Å². The van der Waals surface area contributed by atoms with E-state index in [1.165, 1.54) is 17.8 Å². The zero-order chi connectivity index (χ0) is 21.0. The fraction of sp³-hybridized carbons (Fsp3) is 0.217. The number of aromatic nitrogens is 4. The summed E-state index contributed by atoms with van der Waals surface area (Å²) in [7, 11) is 0. The van der Waals surface area contributed by atoms with Gasteiger partial charge in [-0.15, -0.1) is 11.3 Å². The molecule has 0 bridgehead atoms. The second kappa shape index (κ2) is 8.69. The molecule has 1 aromatic carbocycles. The first-order chi connectivity index (χ1) is 15.3. The van der Waals surface area contributed by atoms with Gasteiger partial charge in [0.2, 0.25) is 0 Å². The van der Waals surface area contributed by atoms with E-state index < -0.39 is 0 Å². The molecule has 1 saturated heterocycles. The van der Waals surface area contributed by atoms with Gasteiger partial charge in [0.05, 0.1) is 17.6 Å². The highest BCUT2D eigenvalue weighted by atomic mass is 32.1. The molecule has 0 radical (unpaired) electrons. The molecule has 0 unspecified atom stereocenters. The van der Waals surface area contributed by atoms with E-state index in [1.54, 1.807) is 22.5 Å². The van der Waals surface area contributed by atoms with Crippen molar-refractivity contribution in [3.8, 4) is 16.3 Å². The first-order valence-corrected chi connectivity index (χ1v) is 11.2. The first kappa shape index (κ1) is 19.4. The maximum Gasteiger partial charge on any atom is 0.275 e. The van der Waals surface area contributed by atoms with Crippen LogP contribution >= 0.6 is 11.3 Å². The number of pyridine rings is 1. The number of rotatable bonds is 5. The van der Waals surface area contributed by atoms with Crippen molar-refractivity contribution in [2.45, 2.75) is 19.3 Å². The molecule has 8 heteroatoms. The van der Waals surface area contributed by atoms with Crippen LogP contribution in [0.1, 0.15) is 29.8 Å². The number of amides is 1. The number of hydrogen-bond acceptors (Lipinski definition) is 6. The molecule has 1 N–H and O–H groups in total. The quantitative estimate of drug-likeness (QED) is 0.499. The van der Waals surface area contributed by atoms with Gasteiger partial charge in [-0.3, -0.25) is 4.79 Å². The van der Waals surface area contributed by atoms with E-state index in [0.29, 0.717) is 5.69 Å². The van der Waals surface area contributed by atoms with Crippen molar-refractivity contribution in [1.29, 1.82) is 0 Å². The molecule has 5 rings (SSSR count). The Hall–Kier alpha value is -3.52. The zero-order valence-corrected chi connectivity index (χ0v) is 17.8. The molecular formula is C23H22N6OS. The smallest absolute Gasteiger partial charge is 0.275 e. The van der Waals surface area contributed by atoms with Crippen molar-refractivity contribution in [2.24, 2.45) is 0 Å². The number of carbonyl (C=O) groups excluding carboxylic acids is 1. The lowest BCUT2D eigenvalue weighted by Gasteiger charge is -2.29.